The highest BCUT2D eigenvalue weighted by Gasteiger charge is 2.39. The zero-order valence-electron chi connectivity index (χ0n) is 15.0. The Morgan fingerprint density at radius 1 is 1.30 bits per heavy atom. The second kappa shape index (κ2) is 6.70. The summed E-state index contributed by atoms with van der Waals surface area (Å²) in [5.74, 6) is 0.193. The van der Waals surface area contributed by atoms with Gasteiger partial charge in [-0.1, -0.05) is 11.3 Å². The van der Waals surface area contributed by atoms with E-state index in [-0.39, 0.29) is 5.78 Å². The Morgan fingerprint density at radius 3 is 2.96 bits per heavy atom. The van der Waals surface area contributed by atoms with Gasteiger partial charge >= 0.3 is 0 Å². The van der Waals surface area contributed by atoms with Gasteiger partial charge in [0.1, 0.15) is 10.0 Å². The van der Waals surface area contributed by atoms with E-state index in [0.29, 0.717) is 25.1 Å². The number of aromatic nitrogens is 4. The van der Waals surface area contributed by atoms with Crippen LogP contribution in [0.5, 0.6) is 0 Å². The Kier molecular flexibility index (Phi) is 4.18. The van der Waals surface area contributed by atoms with Crippen LogP contribution in [-0.4, -0.2) is 62.7 Å². The summed E-state index contributed by atoms with van der Waals surface area (Å²) < 4.78 is 5.60. The molecule has 7 nitrogen and oxygen atoms in total. The number of fused-ring (bicyclic) bond motifs is 3. The third-order valence-electron chi connectivity index (χ3n) is 5.17. The van der Waals surface area contributed by atoms with Crippen LogP contribution in [0.25, 0.3) is 21.5 Å². The molecule has 0 amide bonds. The van der Waals surface area contributed by atoms with Crippen LogP contribution in [0.3, 0.4) is 0 Å². The van der Waals surface area contributed by atoms with Gasteiger partial charge in [-0.15, -0.1) is 10.2 Å². The van der Waals surface area contributed by atoms with E-state index in [1.807, 2.05) is 19.1 Å². The van der Waals surface area contributed by atoms with Gasteiger partial charge in [0, 0.05) is 35.4 Å². The van der Waals surface area contributed by atoms with E-state index in [1.54, 1.807) is 23.7 Å². The van der Waals surface area contributed by atoms with E-state index < -0.39 is 0 Å². The van der Waals surface area contributed by atoms with Crippen LogP contribution >= 0.6 is 11.3 Å². The average molecular weight is 381 g/mol. The second-order valence-corrected chi connectivity index (χ2v) is 8.39. The van der Waals surface area contributed by atoms with E-state index in [9.17, 15) is 4.79 Å². The van der Waals surface area contributed by atoms with Gasteiger partial charge in [-0.2, -0.15) is 0 Å². The van der Waals surface area contributed by atoms with Crippen LogP contribution in [-0.2, 0) is 16.0 Å². The van der Waals surface area contributed by atoms with Crippen LogP contribution in [0.2, 0.25) is 0 Å². The predicted octanol–water partition coefficient (Wildman–Crippen LogP) is 2.04. The molecule has 0 unspecified atom stereocenters. The molecule has 5 heterocycles. The molecular weight excluding hydrogens is 362 g/mol. The summed E-state index contributed by atoms with van der Waals surface area (Å²) in [6.45, 7) is 4.04. The molecule has 3 aromatic rings. The molecule has 2 bridgehead atoms. The van der Waals surface area contributed by atoms with Gasteiger partial charge in [0.15, 0.2) is 5.78 Å². The molecule has 0 N–H and O–H groups in total. The number of Topliss-reactive ketones (excluding diaryl/α,β-unsaturated/α-hetero) is 1. The smallest absolute Gasteiger partial charge is 0.152 e. The van der Waals surface area contributed by atoms with E-state index in [0.717, 1.165) is 51.7 Å². The molecule has 2 atom stereocenters. The Labute approximate surface area is 160 Å². The molecule has 5 rings (SSSR count). The predicted molar refractivity (Wildman–Crippen MR) is 102 cm³/mol. The number of ether oxygens (including phenoxy) is 1. The van der Waals surface area contributed by atoms with Crippen LogP contribution in [0, 0.1) is 6.92 Å². The summed E-state index contributed by atoms with van der Waals surface area (Å²) in [7, 11) is 0. The number of pyridine rings is 2. The molecule has 0 aromatic carbocycles. The lowest BCUT2D eigenvalue weighted by Gasteiger charge is -2.25. The number of morpholine rings is 1. The van der Waals surface area contributed by atoms with E-state index in [1.165, 1.54) is 0 Å². The maximum Gasteiger partial charge on any atom is 0.152 e. The Balaban J connectivity index is 1.33. The molecular formula is C19H19N5O2S. The molecule has 2 aliphatic rings. The van der Waals surface area contributed by atoms with Crippen molar-refractivity contribution < 1.29 is 9.53 Å². The number of carbonyl (C=O) groups excluding carboxylic acids is 1. The van der Waals surface area contributed by atoms with Gasteiger partial charge in [0.05, 0.1) is 37.4 Å². The minimum absolute atomic E-state index is 0.193. The van der Waals surface area contributed by atoms with Crippen molar-refractivity contribution in [1.82, 2.24) is 25.1 Å². The molecule has 2 saturated heterocycles. The second-order valence-electron chi connectivity index (χ2n) is 7.21. The first-order valence-electron chi connectivity index (χ1n) is 9.06. The van der Waals surface area contributed by atoms with E-state index in [4.69, 9.17) is 4.74 Å². The molecule has 0 saturated carbocycles. The number of carbonyl (C=O) groups is 1. The maximum absolute atomic E-state index is 12.5. The third kappa shape index (κ3) is 3.36. The number of rotatable bonds is 5. The van der Waals surface area contributed by atoms with Crippen molar-refractivity contribution in [2.45, 2.75) is 31.9 Å². The van der Waals surface area contributed by atoms with Crippen LogP contribution < -0.4 is 0 Å². The fourth-order valence-electron chi connectivity index (χ4n) is 3.86. The highest BCUT2D eigenvalue weighted by atomic mass is 32.1. The summed E-state index contributed by atoms with van der Waals surface area (Å²) in [5.41, 5.74) is 2.52. The first kappa shape index (κ1) is 16.9. The maximum atomic E-state index is 12.5. The molecule has 27 heavy (non-hydrogen) atoms. The van der Waals surface area contributed by atoms with Crippen molar-refractivity contribution >= 4 is 28.0 Å². The zero-order chi connectivity index (χ0) is 18.4. The Morgan fingerprint density at radius 2 is 2.22 bits per heavy atom. The third-order valence-corrected chi connectivity index (χ3v) is 6.06. The lowest BCUT2D eigenvalue weighted by atomic mass is 10.1. The van der Waals surface area contributed by atoms with Crippen molar-refractivity contribution in [1.29, 1.82) is 0 Å². The van der Waals surface area contributed by atoms with Gasteiger partial charge in [-0.25, -0.2) is 0 Å². The van der Waals surface area contributed by atoms with Crippen molar-refractivity contribution in [2.75, 3.05) is 19.7 Å². The molecule has 138 valence electrons. The molecule has 0 aliphatic carbocycles. The van der Waals surface area contributed by atoms with Crippen molar-refractivity contribution in [3.63, 3.8) is 0 Å². The van der Waals surface area contributed by atoms with Crippen LogP contribution in [0.4, 0.5) is 0 Å². The minimum Gasteiger partial charge on any atom is -0.375 e. The van der Waals surface area contributed by atoms with E-state index >= 15 is 0 Å². The highest BCUT2D eigenvalue weighted by molar-refractivity contribution is 7.14. The summed E-state index contributed by atoms with van der Waals surface area (Å²) in [5, 5.41) is 11.0. The quantitative estimate of drug-likeness (QED) is 0.669. The van der Waals surface area contributed by atoms with Crippen LogP contribution in [0.15, 0.2) is 24.5 Å². The van der Waals surface area contributed by atoms with Crippen molar-refractivity contribution in [3.05, 3.63) is 35.2 Å². The van der Waals surface area contributed by atoms with E-state index in [2.05, 4.69) is 25.1 Å². The molecule has 3 aromatic heterocycles. The summed E-state index contributed by atoms with van der Waals surface area (Å²) in [4.78, 5) is 23.7. The summed E-state index contributed by atoms with van der Waals surface area (Å²) in [6, 6.07) is 4.40. The molecule has 0 spiro atoms. The normalized spacial score (nSPS) is 22.0. The lowest BCUT2D eigenvalue weighted by Crippen LogP contribution is -2.40. The van der Waals surface area contributed by atoms with Crippen molar-refractivity contribution in [2.24, 2.45) is 0 Å². The Hall–Kier alpha value is -2.29. The monoisotopic (exact) mass is 381 g/mol. The first-order chi connectivity index (χ1) is 13.1. The summed E-state index contributed by atoms with van der Waals surface area (Å²) in [6.07, 6.45) is 5.24. The molecule has 2 fully saturated rings. The van der Waals surface area contributed by atoms with Crippen LogP contribution in [0.1, 0.15) is 17.1 Å². The van der Waals surface area contributed by atoms with Gasteiger partial charge in [0.2, 0.25) is 0 Å². The fourth-order valence-corrected chi connectivity index (χ4v) is 4.53. The van der Waals surface area contributed by atoms with Gasteiger partial charge in [0.25, 0.3) is 0 Å². The molecule has 8 heteroatoms. The topological polar surface area (TPSA) is 81.1 Å². The van der Waals surface area contributed by atoms with Gasteiger partial charge in [-0.05, 0) is 25.5 Å². The highest BCUT2D eigenvalue weighted by Crippen LogP contribution is 2.28. The number of hydrogen-bond donors (Lipinski definition) is 0. The molecule has 2 aliphatic heterocycles. The number of ketones is 1. The van der Waals surface area contributed by atoms with Crippen molar-refractivity contribution in [3.8, 4) is 10.6 Å². The first-order valence-corrected chi connectivity index (χ1v) is 9.88. The minimum atomic E-state index is 0.193. The SMILES string of the molecule is Cc1nnc(-c2cnc3cnc(CC(=O)CN4C[C@H]5C[C@@H]4CO5)cc3c2)s1. The zero-order valence-corrected chi connectivity index (χ0v) is 15.8. The lowest BCUT2D eigenvalue weighted by molar-refractivity contribution is -0.120. The van der Waals surface area contributed by atoms with Gasteiger partial charge in [-0.3, -0.25) is 19.7 Å². The number of likely N-dealkylation sites (tertiary alicyclic amines) is 1. The standard InChI is InChI=1S/C19H19N5O2S/c1-11-22-23-19(27-11)13-2-12-3-14(20-7-18(12)21-6-13)4-16(25)8-24-9-17-5-15(24)10-26-17/h2-3,6-7,15,17H,4-5,8-10H2,1H3/t15-,17-/m1/s1. The number of hydrogen-bond acceptors (Lipinski definition) is 8. The number of aryl methyl sites for hydroxylation is 1. The molecule has 0 radical (unpaired) electrons. The number of nitrogens with zero attached hydrogens (tertiary/aromatic N) is 5. The summed E-state index contributed by atoms with van der Waals surface area (Å²) >= 11 is 1.54. The van der Waals surface area contributed by atoms with Gasteiger partial charge < -0.3 is 4.74 Å². The fraction of sp³-hybridized carbons (Fsp3) is 0.421. The largest absolute Gasteiger partial charge is 0.375 e. The average Bonchev–Trinajstić information content (AvgIpc) is 3.38. The Bertz CT molecular complexity index is 1020.